The number of hydrogen-bond donors (Lipinski definition) is 6. The number of benzene rings is 2. The normalized spacial score (nSPS) is 12.4. The number of aliphatic hydroxyl groups excluding tert-OH is 1. The number of aliphatic hydroxyl groups is 1. The fourth-order valence-electron chi connectivity index (χ4n) is 2.88. The number of carboxylic acid groups (broad SMARTS) is 1. The van der Waals surface area contributed by atoms with Gasteiger partial charge in [-0.05, 0) is 23.3 Å². The fourth-order valence-corrected chi connectivity index (χ4v) is 2.88. The largest absolute Gasteiger partial charge is 0.508 e. The van der Waals surface area contributed by atoms with Crippen molar-refractivity contribution in [3.8, 4) is 11.6 Å². The van der Waals surface area contributed by atoms with Crippen molar-refractivity contribution in [1.82, 2.24) is 20.6 Å². The molecule has 11 nitrogen and oxygen atoms in total. The van der Waals surface area contributed by atoms with E-state index in [-0.39, 0.29) is 11.3 Å². The lowest BCUT2D eigenvalue weighted by atomic mass is 9.98. The summed E-state index contributed by atoms with van der Waals surface area (Å²) in [6, 6.07) is 14.6. The number of phenols is 1. The lowest BCUT2D eigenvalue weighted by molar-refractivity contribution is -0.146. The molecule has 2 amide bonds. The van der Waals surface area contributed by atoms with E-state index in [0.29, 0.717) is 5.56 Å². The lowest BCUT2D eigenvalue weighted by Crippen LogP contribution is -2.37. The van der Waals surface area contributed by atoms with Gasteiger partial charge in [0.15, 0.2) is 6.10 Å². The van der Waals surface area contributed by atoms with Gasteiger partial charge in [0, 0.05) is 6.20 Å². The Labute approximate surface area is 187 Å². The van der Waals surface area contributed by atoms with Crippen molar-refractivity contribution in [3.05, 3.63) is 83.3 Å². The number of nitrogens with one attached hydrogen (secondary N) is 2. The molecule has 3 aromatic rings. The minimum Gasteiger partial charge on any atom is -0.508 e. The number of aromatic nitrogens is 2. The summed E-state index contributed by atoms with van der Waals surface area (Å²) in [4.78, 5) is 42.8. The zero-order chi connectivity index (χ0) is 24.0. The third-order valence-corrected chi connectivity index (χ3v) is 4.59. The van der Waals surface area contributed by atoms with Gasteiger partial charge in [0.05, 0.1) is 12.6 Å². The van der Waals surface area contributed by atoms with Gasteiger partial charge < -0.3 is 31.1 Å². The molecule has 0 saturated heterocycles. The van der Waals surface area contributed by atoms with Crippen LogP contribution >= 0.6 is 0 Å². The van der Waals surface area contributed by atoms with Crippen LogP contribution in [0.15, 0.2) is 60.8 Å². The highest BCUT2D eigenvalue weighted by Gasteiger charge is 2.23. The van der Waals surface area contributed by atoms with Crippen LogP contribution in [-0.4, -0.2) is 60.8 Å². The Bertz CT molecular complexity index is 1150. The van der Waals surface area contributed by atoms with E-state index in [9.17, 15) is 29.7 Å². The molecule has 2 aromatic carbocycles. The van der Waals surface area contributed by atoms with Crippen LogP contribution in [0.25, 0.3) is 0 Å². The summed E-state index contributed by atoms with van der Waals surface area (Å²) in [6.07, 6.45) is -0.860. The van der Waals surface area contributed by atoms with Gasteiger partial charge in [-0.1, -0.05) is 42.5 Å². The Balaban J connectivity index is 1.79. The standard InChI is InChI=1S/C22H20N4O7/c27-14-8-6-13(7-9-14)17(12-4-2-1-3-5-12)25-19(29)15-10-23-18(26-20(15)30)21(31)24-11-16(28)22(32)33/h1-10,16-17,27-28H,11H2,(H,24,31)(H,25,29)(H,32,33)(H,23,26,30)/t16-,17+/m1/s1. The van der Waals surface area contributed by atoms with E-state index in [1.54, 1.807) is 36.4 Å². The molecule has 0 unspecified atom stereocenters. The Morgan fingerprint density at radius 3 is 2.15 bits per heavy atom. The first-order valence-electron chi connectivity index (χ1n) is 9.66. The molecule has 0 aliphatic heterocycles. The van der Waals surface area contributed by atoms with Crippen LogP contribution in [0.5, 0.6) is 11.6 Å². The number of nitrogens with zero attached hydrogens (tertiary/aromatic N) is 2. The second-order valence-corrected chi connectivity index (χ2v) is 6.90. The first kappa shape index (κ1) is 23.2. The van der Waals surface area contributed by atoms with E-state index in [1.165, 1.54) is 12.1 Å². The number of rotatable bonds is 8. The zero-order valence-electron chi connectivity index (χ0n) is 17.0. The predicted octanol–water partition coefficient (Wildman–Crippen LogP) is 0.583. The molecule has 6 N–H and O–H groups in total. The number of carbonyl (C=O) groups excluding carboxylic acids is 2. The minimum absolute atomic E-state index is 0.0627. The van der Waals surface area contributed by atoms with Crippen LogP contribution in [0, 0.1) is 0 Å². The van der Waals surface area contributed by atoms with E-state index < -0.39 is 48.2 Å². The van der Waals surface area contributed by atoms with Crippen molar-refractivity contribution in [2.24, 2.45) is 0 Å². The lowest BCUT2D eigenvalue weighted by Gasteiger charge is -2.20. The molecule has 0 fully saturated rings. The zero-order valence-corrected chi connectivity index (χ0v) is 17.0. The number of carboxylic acids is 1. The van der Waals surface area contributed by atoms with Gasteiger partial charge in [0.1, 0.15) is 11.3 Å². The summed E-state index contributed by atoms with van der Waals surface area (Å²) >= 11 is 0. The molecule has 33 heavy (non-hydrogen) atoms. The Hall–Kier alpha value is -4.51. The Kier molecular flexibility index (Phi) is 7.16. The van der Waals surface area contributed by atoms with E-state index in [1.807, 2.05) is 6.07 Å². The van der Waals surface area contributed by atoms with Gasteiger partial charge in [-0.2, -0.15) is 4.98 Å². The molecular formula is C22H20N4O7. The molecule has 2 atom stereocenters. The second kappa shape index (κ2) is 10.2. The van der Waals surface area contributed by atoms with Crippen molar-refractivity contribution >= 4 is 17.8 Å². The fraction of sp³-hybridized carbons (Fsp3) is 0.136. The highest BCUT2D eigenvalue weighted by Crippen LogP contribution is 2.25. The van der Waals surface area contributed by atoms with Crippen LogP contribution in [0.2, 0.25) is 0 Å². The van der Waals surface area contributed by atoms with Gasteiger partial charge in [0.25, 0.3) is 11.8 Å². The van der Waals surface area contributed by atoms with Gasteiger partial charge in [-0.3, -0.25) is 9.59 Å². The molecule has 3 rings (SSSR count). The van der Waals surface area contributed by atoms with E-state index in [4.69, 9.17) is 5.11 Å². The highest BCUT2D eigenvalue weighted by molar-refractivity contribution is 5.97. The average molecular weight is 452 g/mol. The molecule has 170 valence electrons. The first-order valence-corrected chi connectivity index (χ1v) is 9.66. The van der Waals surface area contributed by atoms with Gasteiger partial charge in [-0.25, -0.2) is 9.78 Å². The topological polar surface area (TPSA) is 182 Å². The maximum absolute atomic E-state index is 12.9. The predicted molar refractivity (Wildman–Crippen MR) is 114 cm³/mol. The number of hydrogen-bond acceptors (Lipinski definition) is 8. The number of phenolic OH excluding ortho intramolecular Hbond substituents is 1. The summed E-state index contributed by atoms with van der Waals surface area (Å²) in [5, 5.41) is 42.5. The number of aromatic hydroxyl groups is 2. The summed E-state index contributed by atoms with van der Waals surface area (Å²) < 4.78 is 0. The average Bonchev–Trinajstić information content (AvgIpc) is 2.81. The second-order valence-electron chi connectivity index (χ2n) is 6.90. The molecule has 1 aromatic heterocycles. The Morgan fingerprint density at radius 1 is 0.909 bits per heavy atom. The SMILES string of the molecule is O=C(NC[C@@H](O)C(=O)O)c1ncc(C(=O)N[C@@H](c2ccccc2)c2ccc(O)cc2)c(O)n1. The third kappa shape index (κ3) is 5.80. The first-order chi connectivity index (χ1) is 15.8. The van der Waals surface area contributed by atoms with Gasteiger partial charge in [-0.15, -0.1) is 0 Å². The number of aliphatic carboxylic acids is 1. The smallest absolute Gasteiger partial charge is 0.334 e. The number of carbonyl (C=O) groups is 3. The summed E-state index contributed by atoms with van der Waals surface area (Å²) in [6.45, 7) is -0.591. The third-order valence-electron chi connectivity index (χ3n) is 4.59. The molecule has 0 aliphatic carbocycles. The van der Waals surface area contributed by atoms with Crippen LogP contribution in [0.3, 0.4) is 0 Å². The van der Waals surface area contributed by atoms with Crippen molar-refractivity contribution < 1.29 is 34.8 Å². The van der Waals surface area contributed by atoms with E-state index >= 15 is 0 Å². The van der Waals surface area contributed by atoms with Gasteiger partial charge in [0.2, 0.25) is 11.7 Å². The molecule has 0 bridgehead atoms. The van der Waals surface area contributed by atoms with Crippen molar-refractivity contribution in [2.45, 2.75) is 12.1 Å². The molecule has 0 saturated carbocycles. The van der Waals surface area contributed by atoms with Crippen LogP contribution in [0.4, 0.5) is 0 Å². The maximum Gasteiger partial charge on any atom is 0.334 e. The minimum atomic E-state index is -1.82. The molecule has 11 heteroatoms. The summed E-state index contributed by atoms with van der Waals surface area (Å²) in [7, 11) is 0. The molecule has 1 heterocycles. The van der Waals surface area contributed by atoms with Crippen LogP contribution in [-0.2, 0) is 4.79 Å². The molecule has 0 aliphatic rings. The quantitative estimate of drug-likeness (QED) is 0.285. The van der Waals surface area contributed by atoms with E-state index in [2.05, 4.69) is 20.6 Å². The maximum atomic E-state index is 12.9. The van der Waals surface area contributed by atoms with Crippen molar-refractivity contribution in [2.75, 3.05) is 6.54 Å². The molecule has 0 radical (unpaired) electrons. The Morgan fingerprint density at radius 2 is 1.55 bits per heavy atom. The van der Waals surface area contributed by atoms with E-state index in [0.717, 1.165) is 11.8 Å². The monoisotopic (exact) mass is 452 g/mol. The van der Waals surface area contributed by atoms with Crippen LogP contribution in [0.1, 0.15) is 38.1 Å². The van der Waals surface area contributed by atoms with Crippen molar-refractivity contribution in [1.29, 1.82) is 0 Å². The highest BCUT2D eigenvalue weighted by atomic mass is 16.4. The van der Waals surface area contributed by atoms with Crippen molar-refractivity contribution in [3.63, 3.8) is 0 Å². The van der Waals surface area contributed by atoms with Crippen LogP contribution < -0.4 is 10.6 Å². The summed E-state index contributed by atoms with van der Waals surface area (Å²) in [5.41, 5.74) is 1.11. The van der Waals surface area contributed by atoms with Gasteiger partial charge >= 0.3 is 5.97 Å². The molecule has 0 spiro atoms. The number of amides is 2. The molecular weight excluding hydrogens is 432 g/mol. The summed E-state index contributed by atoms with van der Waals surface area (Å²) in [5.74, 6) is -4.39.